The van der Waals surface area contributed by atoms with E-state index in [1.54, 1.807) is 0 Å². The molecule has 1 heterocycles. The van der Waals surface area contributed by atoms with Crippen molar-refractivity contribution >= 4 is 28.6 Å². The van der Waals surface area contributed by atoms with Crippen LogP contribution in [0.2, 0.25) is 0 Å². The number of thioether (sulfide) groups is 1. The zero-order valence-electron chi connectivity index (χ0n) is 13.1. The van der Waals surface area contributed by atoms with Gasteiger partial charge < -0.3 is 9.30 Å². The molecule has 2 aromatic carbocycles. The molecule has 0 aliphatic carbocycles. The number of para-hydroxylation sites is 3. The van der Waals surface area contributed by atoms with Crippen LogP contribution < -0.4 is 4.74 Å². The lowest BCUT2D eigenvalue weighted by molar-refractivity contribution is -0.274. The second kappa shape index (κ2) is 6.79. The fourth-order valence-electron chi connectivity index (χ4n) is 2.37. The van der Waals surface area contributed by atoms with Crippen molar-refractivity contribution < 1.29 is 22.7 Å². The number of nitrogens with zero attached hydrogens (tertiary/aromatic N) is 2. The van der Waals surface area contributed by atoms with Gasteiger partial charge in [0.05, 0.1) is 22.3 Å². The molecular formula is C17H13F3N2O2S. The monoisotopic (exact) mass is 366 g/mol. The van der Waals surface area contributed by atoms with E-state index in [2.05, 4.69) is 9.72 Å². The van der Waals surface area contributed by atoms with E-state index in [1.165, 1.54) is 30.0 Å². The SMILES string of the molecule is Cn1c(SCC(=O)c2ccccc2OC(F)(F)F)nc2ccccc21. The number of carbonyl (C=O) groups excluding carboxylic acids is 1. The van der Waals surface area contributed by atoms with Crippen LogP contribution in [-0.4, -0.2) is 27.4 Å². The minimum Gasteiger partial charge on any atom is -0.405 e. The highest BCUT2D eigenvalue weighted by atomic mass is 32.2. The van der Waals surface area contributed by atoms with E-state index in [1.807, 2.05) is 35.9 Å². The number of hydrogen-bond donors (Lipinski definition) is 0. The molecule has 8 heteroatoms. The first-order valence-corrected chi connectivity index (χ1v) is 8.26. The number of alkyl halides is 3. The van der Waals surface area contributed by atoms with Gasteiger partial charge in [-0.1, -0.05) is 36.0 Å². The second-order valence-electron chi connectivity index (χ2n) is 5.20. The molecule has 4 nitrogen and oxygen atoms in total. The lowest BCUT2D eigenvalue weighted by Crippen LogP contribution is -2.19. The summed E-state index contributed by atoms with van der Waals surface area (Å²) in [6, 6.07) is 12.8. The Kier molecular flexibility index (Phi) is 4.71. The number of ether oxygens (including phenoxy) is 1. The Labute approximate surface area is 145 Å². The van der Waals surface area contributed by atoms with Crippen LogP contribution in [-0.2, 0) is 7.05 Å². The standard InChI is InChI=1S/C17H13F3N2O2S/c1-22-13-8-4-3-7-12(13)21-16(22)25-10-14(23)11-6-2-5-9-15(11)24-17(18,19)20/h2-9H,10H2,1H3. The van der Waals surface area contributed by atoms with Crippen LogP contribution in [0, 0.1) is 0 Å². The number of rotatable bonds is 5. The minimum absolute atomic E-state index is 0.0462. The van der Waals surface area contributed by atoms with Gasteiger partial charge >= 0.3 is 6.36 Å². The Balaban J connectivity index is 1.78. The van der Waals surface area contributed by atoms with Gasteiger partial charge in [0, 0.05) is 7.05 Å². The molecule has 0 unspecified atom stereocenters. The average Bonchev–Trinajstić information content (AvgIpc) is 2.88. The quantitative estimate of drug-likeness (QED) is 0.494. The van der Waals surface area contributed by atoms with Crippen LogP contribution in [0.15, 0.2) is 53.7 Å². The molecule has 0 N–H and O–H groups in total. The number of ketones is 1. The van der Waals surface area contributed by atoms with Crippen LogP contribution >= 0.6 is 11.8 Å². The lowest BCUT2D eigenvalue weighted by atomic mass is 10.1. The van der Waals surface area contributed by atoms with Crippen molar-refractivity contribution in [2.24, 2.45) is 7.05 Å². The number of benzene rings is 2. The van der Waals surface area contributed by atoms with Gasteiger partial charge in [-0.2, -0.15) is 0 Å². The maximum Gasteiger partial charge on any atom is 0.573 e. The molecule has 0 saturated heterocycles. The Bertz CT molecular complexity index is 922. The summed E-state index contributed by atoms with van der Waals surface area (Å²) in [6.07, 6.45) is -4.85. The van der Waals surface area contributed by atoms with Gasteiger partial charge in [0.1, 0.15) is 5.75 Å². The van der Waals surface area contributed by atoms with Gasteiger partial charge in [-0.3, -0.25) is 4.79 Å². The molecule has 0 bridgehead atoms. The fraction of sp³-hybridized carbons (Fsp3) is 0.176. The summed E-state index contributed by atoms with van der Waals surface area (Å²) >= 11 is 1.17. The topological polar surface area (TPSA) is 44.1 Å². The zero-order chi connectivity index (χ0) is 18.0. The summed E-state index contributed by atoms with van der Waals surface area (Å²) in [5.41, 5.74) is 1.60. The molecule has 0 fully saturated rings. The minimum atomic E-state index is -4.85. The molecule has 25 heavy (non-hydrogen) atoms. The first-order chi connectivity index (χ1) is 11.8. The van der Waals surface area contributed by atoms with E-state index in [4.69, 9.17) is 0 Å². The predicted molar refractivity (Wildman–Crippen MR) is 88.9 cm³/mol. The van der Waals surface area contributed by atoms with Gasteiger partial charge in [0.15, 0.2) is 10.9 Å². The summed E-state index contributed by atoms with van der Waals surface area (Å²) < 4.78 is 43.1. The second-order valence-corrected chi connectivity index (χ2v) is 6.14. The van der Waals surface area contributed by atoms with Crippen LogP contribution in [0.25, 0.3) is 11.0 Å². The number of fused-ring (bicyclic) bond motifs is 1. The van der Waals surface area contributed by atoms with Gasteiger partial charge in [0.25, 0.3) is 0 Å². The molecule has 0 aliphatic rings. The number of imidazole rings is 1. The molecule has 0 aliphatic heterocycles. The highest BCUT2D eigenvalue weighted by molar-refractivity contribution is 7.99. The molecule has 0 radical (unpaired) electrons. The van der Waals surface area contributed by atoms with Crippen LogP contribution in [0.3, 0.4) is 0 Å². The van der Waals surface area contributed by atoms with Gasteiger partial charge in [0.2, 0.25) is 0 Å². The normalized spacial score (nSPS) is 11.7. The van der Waals surface area contributed by atoms with E-state index < -0.39 is 17.9 Å². The average molecular weight is 366 g/mol. The van der Waals surface area contributed by atoms with Gasteiger partial charge in [-0.25, -0.2) is 4.98 Å². The first-order valence-electron chi connectivity index (χ1n) is 7.27. The number of aryl methyl sites for hydroxylation is 1. The summed E-state index contributed by atoms with van der Waals surface area (Å²) in [4.78, 5) is 16.8. The highest BCUT2D eigenvalue weighted by Crippen LogP contribution is 2.29. The van der Waals surface area contributed by atoms with Crippen molar-refractivity contribution in [2.75, 3.05) is 5.75 Å². The Morgan fingerprint density at radius 3 is 2.56 bits per heavy atom. The maximum atomic E-state index is 12.5. The third-order valence-electron chi connectivity index (χ3n) is 3.49. The maximum absolute atomic E-state index is 12.5. The Morgan fingerprint density at radius 1 is 1.16 bits per heavy atom. The fourth-order valence-corrected chi connectivity index (χ4v) is 3.24. The summed E-state index contributed by atoms with van der Waals surface area (Å²) in [5, 5.41) is 0.615. The molecular weight excluding hydrogens is 353 g/mol. The molecule has 0 atom stereocenters. The Hall–Kier alpha value is -2.48. The lowest BCUT2D eigenvalue weighted by Gasteiger charge is -2.12. The predicted octanol–water partition coefficient (Wildman–Crippen LogP) is 4.45. The van der Waals surface area contributed by atoms with E-state index in [0.717, 1.165) is 17.1 Å². The molecule has 3 aromatic rings. The van der Waals surface area contributed by atoms with Gasteiger partial charge in [-0.15, -0.1) is 13.2 Å². The number of hydrogen-bond acceptors (Lipinski definition) is 4. The van der Waals surface area contributed by atoms with Gasteiger partial charge in [-0.05, 0) is 24.3 Å². The van der Waals surface area contributed by atoms with Crippen molar-refractivity contribution in [2.45, 2.75) is 11.5 Å². The molecule has 0 spiro atoms. The summed E-state index contributed by atoms with van der Waals surface area (Å²) in [6.45, 7) is 0. The largest absolute Gasteiger partial charge is 0.573 e. The van der Waals surface area contributed by atoms with E-state index >= 15 is 0 Å². The van der Waals surface area contributed by atoms with Crippen LogP contribution in [0.4, 0.5) is 13.2 Å². The Morgan fingerprint density at radius 2 is 1.84 bits per heavy atom. The molecule has 0 amide bonds. The third kappa shape index (κ3) is 3.96. The third-order valence-corrected chi connectivity index (χ3v) is 4.52. The molecule has 1 aromatic heterocycles. The van der Waals surface area contributed by atoms with Crippen LogP contribution in [0.1, 0.15) is 10.4 Å². The molecule has 130 valence electrons. The van der Waals surface area contributed by atoms with E-state index in [0.29, 0.717) is 5.16 Å². The number of carbonyl (C=O) groups is 1. The van der Waals surface area contributed by atoms with Crippen molar-refractivity contribution in [3.63, 3.8) is 0 Å². The van der Waals surface area contributed by atoms with Crippen molar-refractivity contribution in [1.29, 1.82) is 0 Å². The van der Waals surface area contributed by atoms with Crippen molar-refractivity contribution in [3.05, 3.63) is 54.1 Å². The molecule has 3 rings (SSSR count). The number of aromatic nitrogens is 2. The smallest absolute Gasteiger partial charge is 0.405 e. The van der Waals surface area contributed by atoms with E-state index in [-0.39, 0.29) is 11.3 Å². The van der Waals surface area contributed by atoms with Crippen molar-refractivity contribution in [1.82, 2.24) is 9.55 Å². The van der Waals surface area contributed by atoms with Crippen molar-refractivity contribution in [3.8, 4) is 5.75 Å². The first kappa shape index (κ1) is 17.3. The van der Waals surface area contributed by atoms with Crippen LogP contribution in [0.5, 0.6) is 5.75 Å². The summed E-state index contributed by atoms with van der Waals surface area (Å²) in [7, 11) is 1.82. The zero-order valence-corrected chi connectivity index (χ0v) is 13.9. The summed E-state index contributed by atoms with van der Waals surface area (Å²) in [5.74, 6) is -1.00. The molecule has 0 saturated carbocycles. The number of Topliss-reactive ketones (excluding diaryl/α,β-unsaturated/α-hetero) is 1. The number of halogens is 3. The van der Waals surface area contributed by atoms with E-state index in [9.17, 15) is 18.0 Å². The highest BCUT2D eigenvalue weighted by Gasteiger charge is 2.32.